The van der Waals surface area contributed by atoms with Crippen LogP contribution in [0.2, 0.25) is 12.6 Å². The van der Waals surface area contributed by atoms with Gasteiger partial charge in [0.15, 0.2) is 0 Å². The minimum atomic E-state index is 0.699. The maximum Gasteiger partial charge on any atom is 0.263 e. The normalized spacial score (nSPS) is 15.2. The lowest BCUT2D eigenvalue weighted by molar-refractivity contribution is 1.10. The van der Waals surface area contributed by atoms with Crippen LogP contribution in [-0.4, -0.2) is 11.3 Å². The van der Waals surface area contributed by atoms with Gasteiger partial charge in [-0.05, 0) is 30.7 Å². The molecule has 11 heavy (non-hydrogen) atoms. The van der Waals surface area contributed by atoms with Crippen molar-refractivity contribution in [1.82, 2.24) is 4.48 Å². The van der Waals surface area contributed by atoms with Gasteiger partial charge < -0.3 is 4.48 Å². The van der Waals surface area contributed by atoms with E-state index in [9.17, 15) is 0 Å². The van der Waals surface area contributed by atoms with Gasteiger partial charge in [0.1, 0.15) is 0 Å². The maximum atomic E-state index is 2.36. The van der Waals surface area contributed by atoms with Crippen LogP contribution in [0.3, 0.4) is 0 Å². The molecule has 56 valence electrons. The number of rotatable bonds is 1. The van der Waals surface area contributed by atoms with Crippen molar-refractivity contribution in [2.45, 2.75) is 19.6 Å². The standard InChI is InChI=1S/C9H12BN/c1-2-10-7-3-5-9-6-4-8-11(9)10/h3-6,8H,2,7H2,1H3. The number of aromatic nitrogens is 1. The maximum absolute atomic E-state index is 2.36. The number of fused-ring (bicyclic) bond motifs is 1. The first-order chi connectivity index (χ1) is 5.42. The smallest absolute Gasteiger partial charge is 0.263 e. The van der Waals surface area contributed by atoms with E-state index in [1.807, 2.05) is 0 Å². The minimum Gasteiger partial charge on any atom is -0.392 e. The Morgan fingerprint density at radius 1 is 1.64 bits per heavy atom. The third-order valence-electron chi connectivity index (χ3n) is 2.37. The lowest BCUT2D eigenvalue weighted by atomic mass is 9.55. The lowest BCUT2D eigenvalue weighted by Crippen LogP contribution is -2.24. The van der Waals surface area contributed by atoms with Gasteiger partial charge in [-0.1, -0.05) is 19.3 Å². The highest BCUT2D eigenvalue weighted by molar-refractivity contribution is 6.58. The Balaban J connectivity index is 2.41. The summed E-state index contributed by atoms with van der Waals surface area (Å²) in [6.07, 6.45) is 9.06. The second-order valence-corrected chi connectivity index (χ2v) is 3.04. The van der Waals surface area contributed by atoms with E-state index in [0.717, 1.165) is 0 Å². The van der Waals surface area contributed by atoms with E-state index in [2.05, 4.69) is 41.9 Å². The van der Waals surface area contributed by atoms with Gasteiger partial charge in [-0.2, -0.15) is 0 Å². The molecule has 2 heterocycles. The van der Waals surface area contributed by atoms with Crippen molar-refractivity contribution in [3.8, 4) is 0 Å². The number of hydrogen-bond donors (Lipinski definition) is 0. The van der Waals surface area contributed by atoms with Gasteiger partial charge in [0.2, 0.25) is 0 Å². The zero-order valence-corrected chi connectivity index (χ0v) is 6.83. The van der Waals surface area contributed by atoms with Crippen LogP contribution in [0, 0.1) is 0 Å². The van der Waals surface area contributed by atoms with Crippen molar-refractivity contribution in [3.63, 3.8) is 0 Å². The third-order valence-corrected chi connectivity index (χ3v) is 2.37. The summed E-state index contributed by atoms with van der Waals surface area (Å²) in [4.78, 5) is 0. The molecule has 0 unspecified atom stereocenters. The van der Waals surface area contributed by atoms with Gasteiger partial charge in [0.25, 0.3) is 6.85 Å². The summed E-state index contributed by atoms with van der Waals surface area (Å²) in [5, 5.41) is 0. The highest BCUT2D eigenvalue weighted by atomic mass is 14.9. The number of allylic oxidation sites excluding steroid dienone is 1. The molecule has 0 fully saturated rings. The fourth-order valence-corrected chi connectivity index (χ4v) is 1.70. The molecule has 2 heteroatoms. The Labute approximate surface area is 67.8 Å². The van der Waals surface area contributed by atoms with Gasteiger partial charge in [0.05, 0.1) is 0 Å². The van der Waals surface area contributed by atoms with Crippen molar-refractivity contribution < 1.29 is 0 Å². The zero-order chi connectivity index (χ0) is 7.68. The van der Waals surface area contributed by atoms with Gasteiger partial charge in [-0.25, -0.2) is 0 Å². The summed E-state index contributed by atoms with van der Waals surface area (Å²) in [5.74, 6) is 0. The van der Waals surface area contributed by atoms with Crippen molar-refractivity contribution in [3.05, 3.63) is 30.1 Å². The first kappa shape index (κ1) is 6.77. The van der Waals surface area contributed by atoms with Crippen LogP contribution in [0.4, 0.5) is 0 Å². The molecule has 0 N–H and O–H groups in total. The Kier molecular flexibility index (Phi) is 1.61. The predicted molar refractivity (Wildman–Crippen MR) is 49.9 cm³/mol. The van der Waals surface area contributed by atoms with Gasteiger partial charge in [-0.15, -0.1) is 0 Å². The van der Waals surface area contributed by atoms with Crippen LogP contribution in [0.5, 0.6) is 0 Å². The molecule has 1 aromatic rings. The van der Waals surface area contributed by atoms with Crippen LogP contribution >= 0.6 is 0 Å². The second kappa shape index (κ2) is 2.61. The molecule has 0 spiro atoms. The number of hydrogen-bond acceptors (Lipinski definition) is 0. The molecule has 0 saturated carbocycles. The Morgan fingerprint density at radius 3 is 3.36 bits per heavy atom. The molecule has 2 rings (SSSR count). The van der Waals surface area contributed by atoms with Crippen molar-refractivity contribution in [1.29, 1.82) is 0 Å². The monoisotopic (exact) mass is 145 g/mol. The topological polar surface area (TPSA) is 4.93 Å². The van der Waals surface area contributed by atoms with E-state index in [1.165, 1.54) is 18.3 Å². The zero-order valence-electron chi connectivity index (χ0n) is 6.83. The number of nitrogens with zero attached hydrogens (tertiary/aromatic N) is 1. The molecule has 1 aliphatic rings. The molecule has 0 radical (unpaired) electrons. The Morgan fingerprint density at radius 2 is 2.55 bits per heavy atom. The molecule has 1 nitrogen and oxygen atoms in total. The molecular weight excluding hydrogens is 133 g/mol. The molecule has 0 aliphatic carbocycles. The molecule has 0 atom stereocenters. The van der Waals surface area contributed by atoms with Crippen LogP contribution in [0.15, 0.2) is 24.4 Å². The summed E-state index contributed by atoms with van der Waals surface area (Å²) in [6.45, 7) is 2.94. The van der Waals surface area contributed by atoms with E-state index in [0.29, 0.717) is 6.85 Å². The molecular formula is C9H12BN. The summed E-state index contributed by atoms with van der Waals surface area (Å²) in [7, 11) is 0. The van der Waals surface area contributed by atoms with Crippen molar-refractivity contribution >= 4 is 12.9 Å². The van der Waals surface area contributed by atoms with Gasteiger partial charge in [-0.3, -0.25) is 0 Å². The van der Waals surface area contributed by atoms with Crippen molar-refractivity contribution in [2.75, 3.05) is 0 Å². The Bertz CT molecular complexity index is 275. The summed E-state index contributed by atoms with van der Waals surface area (Å²) in [5.41, 5.74) is 1.35. The average Bonchev–Trinajstić information content (AvgIpc) is 2.50. The van der Waals surface area contributed by atoms with Crippen molar-refractivity contribution in [2.24, 2.45) is 0 Å². The average molecular weight is 145 g/mol. The largest absolute Gasteiger partial charge is 0.392 e. The van der Waals surface area contributed by atoms with Crippen LogP contribution < -0.4 is 0 Å². The lowest BCUT2D eigenvalue weighted by Gasteiger charge is -2.17. The highest BCUT2D eigenvalue weighted by Crippen LogP contribution is 2.16. The van der Waals surface area contributed by atoms with Gasteiger partial charge >= 0.3 is 0 Å². The molecule has 0 amide bonds. The van der Waals surface area contributed by atoms with E-state index >= 15 is 0 Å². The second-order valence-electron chi connectivity index (χ2n) is 3.04. The summed E-state index contributed by atoms with van der Waals surface area (Å²) < 4.78 is 2.36. The summed E-state index contributed by atoms with van der Waals surface area (Å²) >= 11 is 0. The quantitative estimate of drug-likeness (QED) is 0.534. The highest BCUT2D eigenvalue weighted by Gasteiger charge is 2.16. The SMILES string of the molecule is CCB1CC=Cc2cccn21. The van der Waals surface area contributed by atoms with Crippen LogP contribution in [0.25, 0.3) is 6.08 Å². The molecule has 0 saturated heterocycles. The first-order valence-electron chi connectivity index (χ1n) is 4.25. The molecule has 0 bridgehead atoms. The molecule has 1 aromatic heterocycles. The van der Waals surface area contributed by atoms with E-state index in [1.54, 1.807) is 0 Å². The Hall–Kier alpha value is -0.915. The third kappa shape index (κ3) is 1.03. The minimum absolute atomic E-state index is 0.699. The predicted octanol–water partition coefficient (Wildman–Crippen LogP) is 2.37. The van der Waals surface area contributed by atoms with E-state index in [-0.39, 0.29) is 0 Å². The van der Waals surface area contributed by atoms with Crippen LogP contribution in [-0.2, 0) is 0 Å². The van der Waals surface area contributed by atoms with E-state index < -0.39 is 0 Å². The van der Waals surface area contributed by atoms with E-state index in [4.69, 9.17) is 0 Å². The fraction of sp³-hybridized carbons (Fsp3) is 0.333. The molecule has 0 aromatic carbocycles. The first-order valence-corrected chi connectivity index (χ1v) is 4.25. The summed E-state index contributed by atoms with van der Waals surface area (Å²) in [6, 6.07) is 4.28. The van der Waals surface area contributed by atoms with Crippen LogP contribution in [0.1, 0.15) is 12.6 Å². The van der Waals surface area contributed by atoms with Gasteiger partial charge in [0, 0.05) is 5.69 Å². The molecule has 1 aliphatic heterocycles. The fourth-order valence-electron chi connectivity index (χ4n) is 1.70.